The van der Waals surface area contributed by atoms with Gasteiger partial charge >= 0.3 is 5.97 Å². The minimum Gasteiger partial charge on any atom is -0.469 e. The molecular weight excluding hydrogens is 260 g/mol. The number of benzene rings is 2. The molecule has 0 bridgehead atoms. The van der Waals surface area contributed by atoms with E-state index in [2.05, 4.69) is 43.3 Å². The Bertz CT molecular complexity index is 558. The second-order valence-corrected chi connectivity index (χ2v) is 5.32. The van der Waals surface area contributed by atoms with Crippen LogP contribution in [0, 0.1) is 5.92 Å². The smallest absolute Gasteiger partial charge is 0.305 e. The third kappa shape index (κ3) is 4.45. The zero-order valence-corrected chi connectivity index (χ0v) is 12.7. The predicted octanol–water partition coefficient (Wildman–Crippen LogP) is 4.49. The van der Waals surface area contributed by atoms with Gasteiger partial charge in [-0.1, -0.05) is 67.9 Å². The van der Waals surface area contributed by atoms with Gasteiger partial charge in [0.1, 0.15) is 0 Å². The molecule has 2 aromatic carbocycles. The summed E-state index contributed by atoms with van der Waals surface area (Å²) < 4.78 is 4.76. The van der Waals surface area contributed by atoms with Crippen LogP contribution in [0.25, 0.3) is 11.1 Å². The van der Waals surface area contributed by atoms with Crippen LogP contribution in [-0.2, 0) is 16.0 Å². The minimum atomic E-state index is -0.122. The summed E-state index contributed by atoms with van der Waals surface area (Å²) in [6.45, 7) is 2.12. The molecule has 0 radical (unpaired) electrons. The van der Waals surface area contributed by atoms with Gasteiger partial charge < -0.3 is 4.74 Å². The maximum absolute atomic E-state index is 11.4. The maximum atomic E-state index is 11.4. The monoisotopic (exact) mass is 282 g/mol. The highest BCUT2D eigenvalue weighted by atomic mass is 16.5. The third-order valence-corrected chi connectivity index (χ3v) is 3.85. The molecule has 1 atom stereocenters. The van der Waals surface area contributed by atoms with E-state index in [0.29, 0.717) is 12.3 Å². The summed E-state index contributed by atoms with van der Waals surface area (Å²) in [5.74, 6) is 0.225. The topological polar surface area (TPSA) is 26.3 Å². The number of methoxy groups -OCH3 is 1. The molecule has 2 heteroatoms. The lowest BCUT2D eigenvalue weighted by atomic mass is 9.93. The van der Waals surface area contributed by atoms with E-state index in [1.165, 1.54) is 23.8 Å². The van der Waals surface area contributed by atoms with Gasteiger partial charge in [0, 0.05) is 6.42 Å². The standard InChI is InChI=1S/C19H22O2/c1-3-15(14-19(20)21-2)13-16-9-11-18(12-10-16)17-7-5-4-6-8-17/h4-12,15H,3,13-14H2,1-2H3. The molecule has 2 rings (SSSR count). The first-order valence-corrected chi connectivity index (χ1v) is 7.44. The number of carbonyl (C=O) groups excluding carboxylic acids is 1. The lowest BCUT2D eigenvalue weighted by Crippen LogP contribution is -2.11. The summed E-state index contributed by atoms with van der Waals surface area (Å²) in [6.07, 6.45) is 2.39. The Kier molecular flexibility index (Phi) is 5.56. The van der Waals surface area contributed by atoms with E-state index in [0.717, 1.165) is 12.8 Å². The van der Waals surface area contributed by atoms with E-state index in [1.54, 1.807) is 0 Å². The fraction of sp³-hybridized carbons (Fsp3) is 0.316. The molecule has 2 aromatic rings. The van der Waals surface area contributed by atoms with E-state index >= 15 is 0 Å². The summed E-state index contributed by atoms with van der Waals surface area (Å²) in [5.41, 5.74) is 3.72. The van der Waals surface area contributed by atoms with Crippen molar-refractivity contribution >= 4 is 5.97 Å². The number of carbonyl (C=O) groups is 1. The van der Waals surface area contributed by atoms with E-state index in [-0.39, 0.29) is 5.97 Å². The van der Waals surface area contributed by atoms with Gasteiger partial charge in [0.05, 0.1) is 7.11 Å². The molecule has 1 unspecified atom stereocenters. The van der Waals surface area contributed by atoms with Crippen molar-refractivity contribution in [2.45, 2.75) is 26.2 Å². The quantitative estimate of drug-likeness (QED) is 0.730. The van der Waals surface area contributed by atoms with Crippen molar-refractivity contribution < 1.29 is 9.53 Å². The SMILES string of the molecule is CCC(CC(=O)OC)Cc1ccc(-c2ccccc2)cc1. The van der Waals surface area contributed by atoms with Gasteiger partial charge in [0.2, 0.25) is 0 Å². The molecule has 110 valence electrons. The lowest BCUT2D eigenvalue weighted by molar-refractivity contribution is -0.141. The normalized spacial score (nSPS) is 11.9. The van der Waals surface area contributed by atoms with Crippen LogP contribution in [0.15, 0.2) is 54.6 Å². The number of esters is 1. The number of hydrogen-bond acceptors (Lipinski definition) is 2. The Morgan fingerprint density at radius 1 is 1.00 bits per heavy atom. The average molecular weight is 282 g/mol. The molecule has 2 nitrogen and oxygen atoms in total. The molecular formula is C19H22O2. The van der Waals surface area contributed by atoms with Gasteiger partial charge in [-0.2, -0.15) is 0 Å². The highest BCUT2D eigenvalue weighted by Gasteiger charge is 2.13. The number of ether oxygens (including phenoxy) is 1. The predicted molar refractivity (Wildman–Crippen MR) is 86.0 cm³/mol. The number of rotatable bonds is 6. The van der Waals surface area contributed by atoms with Crippen molar-refractivity contribution in [3.05, 3.63) is 60.2 Å². The van der Waals surface area contributed by atoms with Crippen LogP contribution in [-0.4, -0.2) is 13.1 Å². The van der Waals surface area contributed by atoms with E-state index in [4.69, 9.17) is 4.74 Å². The van der Waals surface area contributed by atoms with Crippen molar-refractivity contribution in [3.63, 3.8) is 0 Å². The van der Waals surface area contributed by atoms with Gasteiger partial charge in [0.25, 0.3) is 0 Å². The molecule has 0 saturated carbocycles. The van der Waals surface area contributed by atoms with Crippen molar-refractivity contribution in [2.75, 3.05) is 7.11 Å². The molecule has 0 heterocycles. The largest absolute Gasteiger partial charge is 0.469 e. The molecule has 0 N–H and O–H groups in total. The van der Waals surface area contributed by atoms with Gasteiger partial charge in [-0.3, -0.25) is 4.79 Å². The Morgan fingerprint density at radius 3 is 2.19 bits per heavy atom. The number of hydrogen-bond donors (Lipinski definition) is 0. The van der Waals surface area contributed by atoms with Gasteiger partial charge in [-0.05, 0) is 29.0 Å². The van der Waals surface area contributed by atoms with Crippen LogP contribution in [0.4, 0.5) is 0 Å². The van der Waals surface area contributed by atoms with E-state index < -0.39 is 0 Å². The Labute approximate surface area is 126 Å². The zero-order valence-electron chi connectivity index (χ0n) is 12.7. The van der Waals surface area contributed by atoms with Crippen LogP contribution in [0.1, 0.15) is 25.3 Å². The van der Waals surface area contributed by atoms with Crippen LogP contribution < -0.4 is 0 Å². The summed E-state index contributed by atoms with van der Waals surface area (Å²) in [7, 11) is 1.45. The van der Waals surface area contributed by atoms with E-state index in [9.17, 15) is 4.79 Å². The fourth-order valence-corrected chi connectivity index (χ4v) is 2.48. The fourth-order valence-electron chi connectivity index (χ4n) is 2.48. The van der Waals surface area contributed by atoms with Gasteiger partial charge in [0.15, 0.2) is 0 Å². The summed E-state index contributed by atoms with van der Waals surface area (Å²) in [5, 5.41) is 0. The molecule has 0 saturated heterocycles. The average Bonchev–Trinajstić information content (AvgIpc) is 2.55. The Balaban J connectivity index is 2.03. The molecule has 0 aliphatic rings. The molecule has 0 spiro atoms. The van der Waals surface area contributed by atoms with Crippen LogP contribution in [0.2, 0.25) is 0 Å². The van der Waals surface area contributed by atoms with Gasteiger partial charge in [-0.15, -0.1) is 0 Å². The maximum Gasteiger partial charge on any atom is 0.305 e. The summed E-state index contributed by atoms with van der Waals surface area (Å²) in [4.78, 5) is 11.4. The minimum absolute atomic E-state index is 0.122. The highest BCUT2D eigenvalue weighted by Crippen LogP contribution is 2.22. The molecule has 0 aromatic heterocycles. The zero-order chi connectivity index (χ0) is 15.1. The first-order chi connectivity index (χ1) is 10.2. The van der Waals surface area contributed by atoms with Crippen molar-refractivity contribution in [2.24, 2.45) is 5.92 Å². The van der Waals surface area contributed by atoms with Crippen LogP contribution >= 0.6 is 0 Å². The molecule has 0 aliphatic carbocycles. The third-order valence-electron chi connectivity index (χ3n) is 3.85. The first-order valence-electron chi connectivity index (χ1n) is 7.44. The molecule has 0 amide bonds. The van der Waals surface area contributed by atoms with Crippen molar-refractivity contribution in [3.8, 4) is 11.1 Å². The summed E-state index contributed by atoms with van der Waals surface area (Å²) in [6, 6.07) is 19.0. The van der Waals surface area contributed by atoms with Crippen molar-refractivity contribution in [1.29, 1.82) is 0 Å². The molecule has 21 heavy (non-hydrogen) atoms. The molecule has 0 aliphatic heterocycles. The second-order valence-electron chi connectivity index (χ2n) is 5.32. The first kappa shape index (κ1) is 15.3. The Morgan fingerprint density at radius 2 is 1.62 bits per heavy atom. The lowest BCUT2D eigenvalue weighted by Gasteiger charge is -2.13. The molecule has 0 fully saturated rings. The van der Waals surface area contributed by atoms with Crippen LogP contribution in [0.5, 0.6) is 0 Å². The Hall–Kier alpha value is -2.09. The van der Waals surface area contributed by atoms with Crippen molar-refractivity contribution in [1.82, 2.24) is 0 Å². The van der Waals surface area contributed by atoms with E-state index in [1.807, 2.05) is 18.2 Å². The second kappa shape index (κ2) is 7.63. The highest BCUT2D eigenvalue weighted by molar-refractivity contribution is 5.69. The van der Waals surface area contributed by atoms with Crippen LogP contribution in [0.3, 0.4) is 0 Å². The van der Waals surface area contributed by atoms with Gasteiger partial charge in [-0.25, -0.2) is 0 Å². The summed E-state index contributed by atoms with van der Waals surface area (Å²) >= 11 is 0.